The van der Waals surface area contributed by atoms with E-state index in [0.717, 1.165) is 12.1 Å². The molecule has 0 saturated heterocycles. The van der Waals surface area contributed by atoms with E-state index in [1.807, 2.05) is 0 Å². The number of hydrogen-bond donors (Lipinski definition) is 3. The van der Waals surface area contributed by atoms with Crippen LogP contribution in [-0.2, 0) is 20.2 Å². The van der Waals surface area contributed by atoms with E-state index in [9.17, 15) is 21.9 Å². The zero-order valence-corrected chi connectivity index (χ0v) is 16.8. The van der Waals surface area contributed by atoms with Gasteiger partial charge in [0.1, 0.15) is 10.6 Å². The van der Waals surface area contributed by atoms with Gasteiger partial charge >= 0.3 is 0 Å². The summed E-state index contributed by atoms with van der Waals surface area (Å²) in [7, 11) is -9.34. The number of phenolic OH excluding ortho intramolecular Hbond substituents is 1. The van der Waals surface area contributed by atoms with E-state index in [4.69, 9.17) is 9.11 Å². The topological polar surface area (TPSA) is 129 Å². The van der Waals surface area contributed by atoms with Crippen LogP contribution in [0.15, 0.2) is 40.1 Å². The molecule has 0 aliphatic carbocycles. The summed E-state index contributed by atoms with van der Waals surface area (Å²) in [6.45, 7) is 0. The molecule has 0 spiro atoms. The summed E-state index contributed by atoms with van der Waals surface area (Å²) in [6, 6.07) is 5.18. The minimum Gasteiger partial charge on any atom is -0.508 e. The van der Waals surface area contributed by atoms with Gasteiger partial charge in [0.25, 0.3) is 20.2 Å². The minimum atomic E-state index is -4.72. The van der Waals surface area contributed by atoms with Gasteiger partial charge < -0.3 is 5.11 Å². The SMILES string of the molecule is O=S(=O)(O)c1cc(S(=O)(=O)O)c2cc(O)ccc2c1.[Na].[Na]. The van der Waals surface area contributed by atoms with Crippen molar-refractivity contribution in [3.8, 4) is 5.75 Å². The summed E-state index contributed by atoms with van der Waals surface area (Å²) in [5.41, 5.74) is 0. The number of aromatic hydroxyl groups is 1. The maximum Gasteiger partial charge on any atom is 0.295 e. The molecule has 2 aromatic rings. The van der Waals surface area contributed by atoms with Crippen LogP contribution in [0.3, 0.4) is 0 Å². The zero-order valence-electron chi connectivity index (χ0n) is 11.2. The van der Waals surface area contributed by atoms with Crippen molar-refractivity contribution < 1.29 is 31.0 Å². The summed E-state index contributed by atoms with van der Waals surface area (Å²) in [5.74, 6) is -0.253. The first-order valence-electron chi connectivity index (χ1n) is 4.81. The van der Waals surface area contributed by atoms with E-state index in [1.165, 1.54) is 12.1 Å². The van der Waals surface area contributed by atoms with Crippen LogP contribution >= 0.6 is 0 Å². The van der Waals surface area contributed by atoms with Gasteiger partial charge in [-0.05, 0) is 29.7 Å². The van der Waals surface area contributed by atoms with Crippen LogP contribution in [0.4, 0.5) is 0 Å². The molecule has 2 radical (unpaired) electrons. The van der Waals surface area contributed by atoms with Crippen molar-refractivity contribution in [3.63, 3.8) is 0 Å². The second-order valence-corrected chi connectivity index (χ2v) is 6.59. The molecule has 3 N–H and O–H groups in total. The Morgan fingerprint density at radius 1 is 0.810 bits per heavy atom. The van der Waals surface area contributed by atoms with Gasteiger partial charge in [-0.3, -0.25) is 9.11 Å². The number of hydrogen-bond acceptors (Lipinski definition) is 5. The quantitative estimate of drug-likeness (QED) is 0.524. The molecule has 0 fully saturated rings. The fraction of sp³-hybridized carbons (Fsp3) is 0. The van der Waals surface area contributed by atoms with Crippen molar-refractivity contribution in [2.45, 2.75) is 9.79 Å². The van der Waals surface area contributed by atoms with Gasteiger partial charge in [-0.1, -0.05) is 6.07 Å². The summed E-state index contributed by atoms with van der Waals surface area (Å²) in [6.07, 6.45) is 0. The van der Waals surface area contributed by atoms with E-state index in [1.54, 1.807) is 0 Å². The van der Waals surface area contributed by atoms with Gasteiger partial charge in [-0.25, -0.2) is 0 Å². The summed E-state index contributed by atoms with van der Waals surface area (Å²) in [5, 5.41) is 9.37. The Labute approximate surface area is 165 Å². The molecule has 2 aromatic carbocycles. The average Bonchev–Trinajstić information content (AvgIpc) is 2.24. The number of rotatable bonds is 2. The van der Waals surface area contributed by atoms with Gasteiger partial charge in [0.15, 0.2) is 0 Å². The normalized spacial score (nSPS) is 11.5. The molecule has 0 aromatic heterocycles. The third kappa shape index (κ3) is 4.90. The standard InChI is InChI=1S/C10H8O7S2.2Na/c11-7-2-1-6-3-8(18(12,13)14)5-10(9(6)4-7)19(15,16)17;;/h1-5,11H,(H,12,13,14)(H,15,16,17);;. The molecule has 0 saturated carbocycles. The number of phenols is 1. The summed E-state index contributed by atoms with van der Waals surface area (Å²) < 4.78 is 62.6. The molecular weight excluding hydrogens is 342 g/mol. The second-order valence-electron chi connectivity index (χ2n) is 3.78. The molecule has 0 unspecified atom stereocenters. The zero-order chi connectivity index (χ0) is 14.4. The van der Waals surface area contributed by atoms with Crippen LogP contribution in [-0.4, -0.2) is 90.2 Å². The minimum absolute atomic E-state index is 0. The third-order valence-corrected chi connectivity index (χ3v) is 4.17. The predicted octanol–water partition coefficient (Wildman–Crippen LogP) is 0.277. The number of fused-ring (bicyclic) bond motifs is 1. The molecule has 0 heterocycles. The molecule has 104 valence electrons. The fourth-order valence-corrected chi connectivity index (χ4v) is 3.00. The van der Waals surface area contributed by atoms with Crippen molar-refractivity contribution >= 4 is 90.1 Å². The van der Waals surface area contributed by atoms with Crippen LogP contribution in [0.5, 0.6) is 5.75 Å². The molecule has 2 rings (SSSR count). The van der Waals surface area contributed by atoms with Gasteiger partial charge in [0.2, 0.25) is 0 Å². The Morgan fingerprint density at radius 2 is 1.38 bits per heavy atom. The smallest absolute Gasteiger partial charge is 0.295 e. The van der Waals surface area contributed by atoms with Crippen LogP contribution in [0.25, 0.3) is 10.8 Å². The Kier molecular flexibility index (Phi) is 7.37. The first-order chi connectivity index (χ1) is 8.59. The molecule has 0 aliphatic heterocycles. The van der Waals surface area contributed by atoms with Crippen LogP contribution in [0.1, 0.15) is 0 Å². The van der Waals surface area contributed by atoms with Crippen LogP contribution in [0.2, 0.25) is 0 Å². The Balaban J connectivity index is 0.00000200. The molecule has 0 aliphatic rings. The molecule has 21 heavy (non-hydrogen) atoms. The van der Waals surface area contributed by atoms with E-state index in [0.29, 0.717) is 6.07 Å². The Morgan fingerprint density at radius 3 is 1.86 bits per heavy atom. The first-order valence-corrected chi connectivity index (χ1v) is 7.69. The predicted molar refractivity (Wildman–Crippen MR) is 76.8 cm³/mol. The second kappa shape index (κ2) is 7.26. The Hall–Kier alpha value is 0.320. The van der Waals surface area contributed by atoms with E-state index in [-0.39, 0.29) is 75.6 Å². The molecule has 11 heteroatoms. The number of benzene rings is 2. The molecular formula is C10H8Na2O7S2. The van der Waals surface area contributed by atoms with Crippen LogP contribution in [0, 0.1) is 0 Å². The average molecular weight is 350 g/mol. The van der Waals surface area contributed by atoms with Crippen molar-refractivity contribution in [1.29, 1.82) is 0 Å². The summed E-state index contributed by atoms with van der Waals surface area (Å²) in [4.78, 5) is -1.38. The maximum atomic E-state index is 11.2. The van der Waals surface area contributed by atoms with Crippen molar-refractivity contribution in [2.75, 3.05) is 0 Å². The van der Waals surface area contributed by atoms with Crippen molar-refractivity contribution in [2.24, 2.45) is 0 Å². The molecule has 0 atom stereocenters. The van der Waals surface area contributed by atoms with Crippen LogP contribution < -0.4 is 0 Å². The van der Waals surface area contributed by atoms with E-state index >= 15 is 0 Å². The van der Waals surface area contributed by atoms with E-state index in [2.05, 4.69) is 0 Å². The van der Waals surface area contributed by atoms with Gasteiger partial charge in [-0.15, -0.1) is 0 Å². The summed E-state index contributed by atoms with van der Waals surface area (Å²) >= 11 is 0. The molecule has 0 amide bonds. The maximum absolute atomic E-state index is 11.2. The monoisotopic (exact) mass is 350 g/mol. The third-order valence-electron chi connectivity index (χ3n) is 2.45. The largest absolute Gasteiger partial charge is 0.508 e. The van der Waals surface area contributed by atoms with Crippen molar-refractivity contribution in [3.05, 3.63) is 30.3 Å². The van der Waals surface area contributed by atoms with Gasteiger partial charge in [0.05, 0.1) is 4.90 Å². The molecule has 7 nitrogen and oxygen atoms in total. The van der Waals surface area contributed by atoms with Gasteiger partial charge in [0, 0.05) is 64.5 Å². The van der Waals surface area contributed by atoms with Crippen molar-refractivity contribution in [1.82, 2.24) is 0 Å². The van der Waals surface area contributed by atoms with E-state index < -0.39 is 30.0 Å². The Bertz CT molecular complexity index is 876. The first kappa shape index (κ1) is 21.3. The molecule has 0 bridgehead atoms. The fourth-order valence-electron chi connectivity index (χ4n) is 1.65. The van der Waals surface area contributed by atoms with Gasteiger partial charge in [-0.2, -0.15) is 16.8 Å².